The van der Waals surface area contributed by atoms with Crippen molar-refractivity contribution in [1.82, 2.24) is 10.2 Å². The van der Waals surface area contributed by atoms with E-state index in [1.165, 1.54) is 16.9 Å². The van der Waals surface area contributed by atoms with Crippen molar-refractivity contribution in [3.63, 3.8) is 0 Å². The zero-order valence-corrected chi connectivity index (χ0v) is 9.23. The van der Waals surface area contributed by atoms with Crippen LogP contribution in [-0.2, 0) is 0 Å². The summed E-state index contributed by atoms with van der Waals surface area (Å²) in [7, 11) is 0. The SMILES string of the molecule is Cc1cccc(N)c1Sc1nncs1. The van der Waals surface area contributed by atoms with E-state index >= 15 is 0 Å². The molecule has 0 amide bonds. The summed E-state index contributed by atoms with van der Waals surface area (Å²) in [5, 5.41) is 7.75. The van der Waals surface area contributed by atoms with E-state index < -0.39 is 0 Å². The summed E-state index contributed by atoms with van der Waals surface area (Å²) in [6, 6.07) is 5.89. The number of aromatic nitrogens is 2. The fraction of sp³-hybridized carbons (Fsp3) is 0.111. The molecule has 0 saturated heterocycles. The Hall–Kier alpha value is -1.07. The number of hydrogen-bond acceptors (Lipinski definition) is 5. The number of hydrogen-bond donors (Lipinski definition) is 1. The maximum Gasteiger partial charge on any atom is 0.178 e. The van der Waals surface area contributed by atoms with Crippen molar-refractivity contribution in [3.8, 4) is 0 Å². The number of aryl methyl sites for hydroxylation is 1. The number of benzene rings is 1. The van der Waals surface area contributed by atoms with Gasteiger partial charge in [0.15, 0.2) is 4.34 Å². The normalized spacial score (nSPS) is 10.4. The molecule has 3 nitrogen and oxygen atoms in total. The second kappa shape index (κ2) is 3.98. The molecule has 2 aromatic rings. The molecule has 1 aromatic carbocycles. The molecule has 0 unspecified atom stereocenters. The van der Waals surface area contributed by atoms with Crippen molar-refractivity contribution in [1.29, 1.82) is 0 Å². The first-order valence-electron chi connectivity index (χ1n) is 4.06. The second-order valence-electron chi connectivity index (χ2n) is 2.80. The fourth-order valence-electron chi connectivity index (χ4n) is 1.11. The van der Waals surface area contributed by atoms with Crippen LogP contribution in [0.2, 0.25) is 0 Å². The molecule has 14 heavy (non-hydrogen) atoms. The number of nitrogen functional groups attached to an aromatic ring is 1. The van der Waals surface area contributed by atoms with E-state index in [2.05, 4.69) is 10.2 Å². The zero-order chi connectivity index (χ0) is 9.97. The average Bonchev–Trinajstić information content (AvgIpc) is 2.64. The topological polar surface area (TPSA) is 51.8 Å². The summed E-state index contributed by atoms with van der Waals surface area (Å²) in [6.45, 7) is 2.04. The van der Waals surface area contributed by atoms with Gasteiger partial charge < -0.3 is 5.73 Å². The Morgan fingerprint density at radius 2 is 2.29 bits per heavy atom. The molecule has 1 aromatic heterocycles. The molecule has 0 spiro atoms. The van der Waals surface area contributed by atoms with E-state index in [4.69, 9.17) is 5.73 Å². The van der Waals surface area contributed by atoms with Crippen molar-refractivity contribution < 1.29 is 0 Å². The lowest BCUT2D eigenvalue weighted by atomic mass is 10.2. The lowest BCUT2D eigenvalue weighted by Crippen LogP contribution is -1.90. The number of anilines is 1. The molecule has 2 N–H and O–H groups in total. The molecule has 0 saturated carbocycles. The highest BCUT2D eigenvalue weighted by Gasteiger charge is 2.06. The Balaban J connectivity index is 2.33. The highest BCUT2D eigenvalue weighted by molar-refractivity contribution is 8.01. The third-order valence-electron chi connectivity index (χ3n) is 1.77. The third-order valence-corrected chi connectivity index (χ3v) is 3.81. The van der Waals surface area contributed by atoms with Crippen molar-refractivity contribution in [2.24, 2.45) is 0 Å². The first kappa shape index (κ1) is 9.48. The monoisotopic (exact) mass is 223 g/mol. The molecule has 2 rings (SSSR count). The van der Waals surface area contributed by atoms with Crippen LogP contribution in [0.5, 0.6) is 0 Å². The molecule has 72 valence electrons. The molecule has 0 bridgehead atoms. The highest BCUT2D eigenvalue weighted by atomic mass is 32.2. The Bertz CT molecular complexity index is 405. The van der Waals surface area contributed by atoms with Crippen molar-refractivity contribution in [3.05, 3.63) is 29.3 Å². The van der Waals surface area contributed by atoms with E-state index in [9.17, 15) is 0 Å². The Kier molecular flexibility index (Phi) is 2.69. The summed E-state index contributed by atoms with van der Waals surface area (Å²) < 4.78 is 0.922. The maximum atomic E-state index is 5.87. The maximum absolute atomic E-state index is 5.87. The molecule has 5 heteroatoms. The third kappa shape index (κ3) is 1.88. The zero-order valence-electron chi connectivity index (χ0n) is 7.60. The summed E-state index contributed by atoms with van der Waals surface area (Å²) >= 11 is 3.09. The number of nitrogens with zero attached hydrogens (tertiary/aromatic N) is 2. The predicted molar refractivity (Wildman–Crippen MR) is 59.6 cm³/mol. The first-order valence-corrected chi connectivity index (χ1v) is 5.76. The van der Waals surface area contributed by atoms with Crippen LogP contribution in [0.4, 0.5) is 5.69 Å². The van der Waals surface area contributed by atoms with E-state index in [1.54, 1.807) is 17.3 Å². The highest BCUT2D eigenvalue weighted by Crippen LogP contribution is 2.34. The van der Waals surface area contributed by atoms with Gasteiger partial charge in [0.1, 0.15) is 5.51 Å². The lowest BCUT2D eigenvalue weighted by Gasteiger charge is -2.05. The van der Waals surface area contributed by atoms with Crippen LogP contribution >= 0.6 is 23.1 Å². The van der Waals surface area contributed by atoms with Gasteiger partial charge >= 0.3 is 0 Å². The van der Waals surface area contributed by atoms with Gasteiger partial charge in [-0.3, -0.25) is 0 Å². The van der Waals surface area contributed by atoms with Gasteiger partial charge in [-0.2, -0.15) is 0 Å². The van der Waals surface area contributed by atoms with Gasteiger partial charge in [0.25, 0.3) is 0 Å². The Labute approximate surface area is 90.4 Å². The molecular formula is C9H9N3S2. The quantitative estimate of drug-likeness (QED) is 0.795. The van der Waals surface area contributed by atoms with Crippen LogP contribution in [0.3, 0.4) is 0 Å². The standard InChI is InChI=1S/C9H9N3S2/c1-6-3-2-4-7(10)8(6)14-9-12-11-5-13-9/h2-5H,10H2,1H3. The van der Waals surface area contributed by atoms with Crippen LogP contribution in [0, 0.1) is 6.92 Å². The number of rotatable bonds is 2. The van der Waals surface area contributed by atoms with E-state index in [-0.39, 0.29) is 0 Å². The average molecular weight is 223 g/mol. The lowest BCUT2D eigenvalue weighted by molar-refractivity contribution is 1.01. The largest absolute Gasteiger partial charge is 0.398 e. The van der Waals surface area contributed by atoms with Crippen molar-refractivity contribution >= 4 is 28.8 Å². The second-order valence-corrected chi connectivity index (χ2v) is 4.89. The Morgan fingerprint density at radius 1 is 1.43 bits per heavy atom. The van der Waals surface area contributed by atoms with Crippen LogP contribution in [0.25, 0.3) is 0 Å². The fourth-order valence-corrected chi connectivity index (χ4v) is 2.64. The minimum Gasteiger partial charge on any atom is -0.398 e. The van der Waals surface area contributed by atoms with Gasteiger partial charge in [0.05, 0.1) is 0 Å². The van der Waals surface area contributed by atoms with Crippen LogP contribution in [-0.4, -0.2) is 10.2 Å². The molecule has 0 atom stereocenters. The van der Waals surface area contributed by atoms with E-state index in [0.717, 1.165) is 14.9 Å². The van der Waals surface area contributed by atoms with Gasteiger partial charge in [-0.1, -0.05) is 35.2 Å². The molecular weight excluding hydrogens is 214 g/mol. The van der Waals surface area contributed by atoms with Crippen LogP contribution in [0.1, 0.15) is 5.56 Å². The predicted octanol–water partition coefficient (Wildman–Crippen LogP) is 2.58. The summed E-state index contributed by atoms with van der Waals surface area (Å²) in [6.07, 6.45) is 0. The van der Waals surface area contributed by atoms with E-state index in [0.29, 0.717) is 0 Å². The van der Waals surface area contributed by atoms with Gasteiger partial charge in [0.2, 0.25) is 0 Å². The smallest absolute Gasteiger partial charge is 0.178 e. The van der Waals surface area contributed by atoms with Crippen molar-refractivity contribution in [2.45, 2.75) is 16.2 Å². The summed E-state index contributed by atoms with van der Waals surface area (Å²) in [4.78, 5) is 1.07. The first-order chi connectivity index (χ1) is 6.77. The Morgan fingerprint density at radius 3 is 2.93 bits per heavy atom. The van der Waals surface area contributed by atoms with Crippen LogP contribution in [0.15, 0.2) is 32.9 Å². The van der Waals surface area contributed by atoms with Crippen LogP contribution < -0.4 is 5.73 Å². The van der Waals surface area contributed by atoms with Gasteiger partial charge in [-0.15, -0.1) is 10.2 Å². The van der Waals surface area contributed by atoms with Gasteiger partial charge in [-0.25, -0.2) is 0 Å². The molecule has 0 aliphatic carbocycles. The summed E-state index contributed by atoms with van der Waals surface area (Å²) in [5.74, 6) is 0. The minimum absolute atomic E-state index is 0.796. The molecule has 0 radical (unpaired) electrons. The molecule has 0 aliphatic rings. The van der Waals surface area contributed by atoms with Gasteiger partial charge in [-0.05, 0) is 18.6 Å². The number of nitrogens with two attached hydrogens (primary N) is 1. The molecule has 0 fully saturated rings. The minimum atomic E-state index is 0.796. The molecule has 0 aliphatic heterocycles. The molecule has 1 heterocycles. The van der Waals surface area contributed by atoms with Crippen molar-refractivity contribution in [2.75, 3.05) is 5.73 Å². The van der Waals surface area contributed by atoms with E-state index in [1.807, 2.05) is 25.1 Å². The summed E-state index contributed by atoms with van der Waals surface area (Å²) in [5.41, 5.74) is 9.56. The van der Waals surface area contributed by atoms with Gasteiger partial charge in [0, 0.05) is 10.6 Å².